The zero-order valence-corrected chi connectivity index (χ0v) is 11.1. The van der Waals surface area contributed by atoms with Gasteiger partial charge in [0.05, 0.1) is 13.2 Å². The highest BCUT2D eigenvalue weighted by Gasteiger charge is 2.28. The monoisotopic (exact) mass is 246 g/mol. The van der Waals surface area contributed by atoms with Gasteiger partial charge in [0.15, 0.2) is 0 Å². The summed E-state index contributed by atoms with van der Waals surface area (Å²) in [5.41, 5.74) is 10.3. The number of benzene rings is 1. The number of nitrogens with two attached hydrogens (primary N) is 1. The lowest BCUT2D eigenvalue weighted by atomic mass is 9.97. The van der Waals surface area contributed by atoms with Crippen LogP contribution in [0.3, 0.4) is 0 Å². The van der Waals surface area contributed by atoms with Gasteiger partial charge in [0, 0.05) is 30.7 Å². The Hall–Kier alpha value is -1.06. The maximum absolute atomic E-state index is 6.09. The summed E-state index contributed by atoms with van der Waals surface area (Å²) < 4.78 is 5.47. The van der Waals surface area contributed by atoms with Crippen molar-refractivity contribution in [3.8, 4) is 0 Å². The van der Waals surface area contributed by atoms with Crippen molar-refractivity contribution in [1.82, 2.24) is 0 Å². The summed E-state index contributed by atoms with van der Waals surface area (Å²) in [6.45, 7) is 5.90. The molecule has 98 valence electrons. The molecular weight excluding hydrogens is 224 g/mol. The SMILES string of the molecule is Cc1ccc2c(c1)CCCN2CC1COCC1N. The number of hydrogen-bond donors (Lipinski definition) is 1. The van der Waals surface area contributed by atoms with E-state index in [-0.39, 0.29) is 6.04 Å². The minimum atomic E-state index is 0.209. The van der Waals surface area contributed by atoms with Crippen molar-refractivity contribution < 1.29 is 4.74 Å². The van der Waals surface area contributed by atoms with Gasteiger partial charge >= 0.3 is 0 Å². The Morgan fingerprint density at radius 3 is 3.06 bits per heavy atom. The molecule has 0 aliphatic carbocycles. The van der Waals surface area contributed by atoms with Gasteiger partial charge in [-0.15, -0.1) is 0 Å². The average Bonchev–Trinajstić information content (AvgIpc) is 2.75. The topological polar surface area (TPSA) is 38.5 Å². The molecule has 0 saturated carbocycles. The third kappa shape index (κ3) is 2.25. The first-order chi connectivity index (χ1) is 8.74. The summed E-state index contributed by atoms with van der Waals surface area (Å²) >= 11 is 0. The van der Waals surface area contributed by atoms with Crippen LogP contribution in [0.2, 0.25) is 0 Å². The second kappa shape index (κ2) is 4.90. The highest BCUT2D eigenvalue weighted by atomic mass is 16.5. The molecule has 2 aliphatic rings. The molecule has 0 bridgehead atoms. The Morgan fingerprint density at radius 1 is 1.39 bits per heavy atom. The number of rotatable bonds is 2. The van der Waals surface area contributed by atoms with E-state index in [0.717, 1.165) is 26.3 Å². The summed E-state index contributed by atoms with van der Waals surface area (Å²) in [5.74, 6) is 0.484. The van der Waals surface area contributed by atoms with Gasteiger partial charge in [-0.05, 0) is 31.4 Å². The molecule has 2 aliphatic heterocycles. The largest absolute Gasteiger partial charge is 0.379 e. The lowest BCUT2D eigenvalue weighted by Gasteiger charge is -2.34. The van der Waals surface area contributed by atoms with Crippen LogP contribution in [0.25, 0.3) is 0 Å². The second-order valence-corrected chi connectivity index (χ2v) is 5.64. The van der Waals surface area contributed by atoms with Crippen molar-refractivity contribution >= 4 is 5.69 Å². The Morgan fingerprint density at radius 2 is 2.28 bits per heavy atom. The maximum Gasteiger partial charge on any atom is 0.0621 e. The van der Waals surface area contributed by atoms with E-state index in [1.165, 1.54) is 29.7 Å². The normalized spacial score (nSPS) is 27.3. The summed E-state index contributed by atoms with van der Waals surface area (Å²) in [6, 6.07) is 7.01. The van der Waals surface area contributed by atoms with Crippen molar-refractivity contribution in [3.05, 3.63) is 29.3 Å². The standard InChI is InChI=1S/C15H22N2O/c1-11-4-5-15-12(7-11)3-2-6-17(15)8-13-9-18-10-14(13)16/h4-5,7,13-14H,2-3,6,8-10,16H2,1H3. The summed E-state index contributed by atoms with van der Waals surface area (Å²) in [6.07, 6.45) is 2.46. The molecule has 2 heterocycles. The van der Waals surface area contributed by atoms with Crippen molar-refractivity contribution in [2.24, 2.45) is 11.7 Å². The fraction of sp³-hybridized carbons (Fsp3) is 0.600. The van der Waals surface area contributed by atoms with Crippen LogP contribution in [0.5, 0.6) is 0 Å². The molecule has 3 nitrogen and oxygen atoms in total. The van der Waals surface area contributed by atoms with Crippen LogP contribution in [0, 0.1) is 12.8 Å². The molecule has 3 heteroatoms. The van der Waals surface area contributed by atoms with E-state index in [2.05, 4.69) is 30.0 Å². The van der Waals surface area contributed by atoms with Gasteiger partial charge in [0.2, 0.25) is 0 Å². The third-order valence-corrected chi connectivity index (χ3v) is 4.15. The molecular formula is C15H22N2O. The quantitative estimate of drug-likeness (QED) is 0.863. The fourth-order valence-corrected chi connectivity index (χ4v) is 3.08. The van der Waals surface area contributed by atoms with E-state index in [1.54, 1.807) is 0 Å². The Balaban J connectivity index is 1.78. The molecule has 1 fully saturated rings. The van der Waals surface area contributed by atoms with Crippen LogP contribution < -0.4 is 10.6 Å². The van der Waals surface area contributed by atoms with Crippen LogP contribution in [0.1, 0.15) is 17.5 Å². The Bertz CT molecular complexity index is 433. The molecule has 1 aromatic rings. The van der Waals surface area contributed by atoms with Crippen molar-refractivity contribution in [2.75, 3.05) is 31.2 Å². The lowest BCUT2D eigenvalue weighted by Crippen LogP contribution is -2.40. The minimum absolute atomic E-state index is 0.209. The Kier molecular flexibility index (Phi) is 3.27. The van der Waals surface area contributed by atoms with Crippen molar-refractivity contribution in [1.29, 1.82) is 0 Å². The first-order valence-corrected chi connectivity index (χ1v) is 6.92. The van der Waals surface area contributed by atoms with E-state index >= 15 is 0 Å². The van der Waals surface area contributed by atoms with Crippen LogP contribution in [0.15, 0.2) is 18.2 Å². The highest BCUT2D eigenvalue weighted by Crippen LogP contribution is 2.29. The first-order valence-electron chi connectivity index (χ1n) is 6.92. The maximum atomic E-state index is 6.09. The second-order valence-electron chi connectivity index (χ2n) is 5.64. The minimum Gasteiger partial charge on any atom is -0.379 e. The predicted molar refractivity (Wildman–Crippen MR) is 74.0 cm³/mol. The number of ether oxygens (including phenoxy) is 1. The van der Waals surface area contributed by atoms with Crippen molar-refractivity contribution in [2.45, 2.75) is 25.8 Å². The van der Waals surface area contributed by atoms with Crippen LogP contribution >= 0.6 is 0 Å². The van der Waals surface area contributed by atoms with Gasteiger partial charge in [0.25, 0.3) is 0 Å². The van der Waals surface area contributed by atoms with Gasteiger partial charge in [-0.25, -0.2) is 0 Å². The lowest BCUT2D eigenvalue weighted by molar-refractivity contribution is 0.184. The van der Waals surface area contributed by atoms with Gasteiger partial charge in [0.1, 0.15) is 0 Å². The number of anilines is 1. The summed E-state index contributed by atoms with van der Waals surface area (Å²) in [7, 11) is 0. The summed E-state index contributed by atoms with van der Waals surface area (Å²) in [4.78, 5) is 2.50. The highest BCUT2D eigenvalue weighted by molar-refractivity contribution is 5.56. The molecule has 0 aromatic heterocycles. The molecule has 0 spiro atoms. The van der Waals surface area contributed by atoms with Crippen LogP contribution in [-0.2, 0) is 11.2 Å². The van der Waals surface area contributed by atoms with E-state index in [0.29, 0.717) is 5.92 Å². The van der Waals surface area contributed by atoms with Crippen LogP contribution in [-0.4, -0.2) is 32.3 Å². The van der Waals surface area contributed by atoms with E-state index in [9.17, 15) is 0 Å². The molecule has 2 unspecified atom stereocenters. The Labute approximate surface area is 109 Å². The zero-order chi connectivity index (χ0) is 12.5. The molecule has 0 radical (unpaired) electrons. The first kappa shape index (κ1) is 12.0. The van der Waals surface area contributed by atoms with Crippen LogP contribution in [0.4, 0.5) is 5.69 Å². The number of hydrogen-bond acceptors (Lipinski definition) is 3. The number of fused-ring (bicyclic) bond motifs is 1. The molecule has 3 rings (SSSR count). The average molecular weight is 246 g/mol. The predicted octanol–water partition coefficient (Wildman–Crippen LogP) is 1.72. The number of nitrogens with zero attached hydrogens (tertiary/aromatic N) is 1. The fourth-order valence-electron chi connectivity index (χ4n) is 3.08. The third-order valence-electron chi connectivity index (χ3n) is 4.15. The van der Waals surface area contributed by atoms with Gasteiger partial charge in [-0.3, -0.25) is 0 Å². The van der Waals surface area contributed by atoms with Gasteiger partial charge in [-0.1, -0.05) is 17.7 Å². The van der Waals surface area contributed by atoms with E-state index in [1.807, 2.05) is 0 Å². The molecule has 1 saturated heterocycles. The molecule has 1 aromatic carbocycles. The molecule has 2 N–H and O–H groups in total. The molecule has 2 atom stereocenters. The van der Waals surface area contributed by atoms with E-state index in [4.69, 9.17) is 10.5 Å². The van der Waals surface area contributed by atoms with Crippen molar-refractivity contribution in [3.63, 3.8) is 0 Å². The summed E-state index contributed by atoms with van der Waals surface area (Å²) in [5, 5.41) is 0. The van der Waals surface area contributed by atoms with E-state index < -0.39 is 0 Å². The molecule has 18 heavy (non-hydrogen) atoms. The van der Waals surface area contributed by atoms with Gasteiger partial charge in [-0.2, -0.15) is 0 Å². The molecule has 0 amide bonds. The smallest absolute Gasteiger partial charge is 0.0621 e. The zero-order valence-electron chi connectivity index (χ0n) is 11.1. The van der Waals surface area contributed by atoms with Gasteiger partial charge < -0.3 is 15.4 Å². The number of aryl methyl sites for hydroxylation is 2.